The largest absolute Gasteiger partial charge is 0.452 e. The van der Waals surface area contributed by atoms with Gasteiger partial charge in [-0.2, -0.15) is 8.78 Å². The molecule has 9 nitrogen and oxygen atoms in total. The van der Waals surface area contributed by atoms with Crippen LogP contribution in [0.3, 0.4) is 0 Å². The number of carbonyl (C=O) groups is 2. The Labute approximate surface area is 195 Å². The lowest BCUT2D eigenvalue weighted by Gasteiger charge is -2.12. The zero-order valence-electron chi connectivity index (χ0n) is 18.0. The normalized spacial score (nSPS) is 14.0. The number of sulfonamides is 1. The topological polar surface area (TPSA) is 123 Å². The number of anilines is 1. The predicted octanol–water partition coefficient (Wildman–Crippen LogP) is 3.33. The first-order valence-electron chi connectivity index (χ1n) is 10.4. The molecule has 1 aliphatic rings. The van der Waals surface area contributed by atoms with Crippen LogP contribution in [0.15, 0.2) is 58.4 Å². The maximum atomic E-state index is 12.7. The summed E-state index contributed by atoms with van der Waals surface area (Å²) in [5, 5.41) is 2.43. The Morgan fingerprint density at radius 3 is 2.65 bits per heavy atom. The van der Waals surface area contributed by atoms with Crippen molar-refractivity contribution in [2.45, 2.75) is 37.2 Å². The minimum atomic E-state index is -3.90. The lowest BCUT2D eigenvalue weighted by atomic mass is 10.2. The van der Waals surface area contributed by atoms with Gasteiger partial charge in [-0.3, -0.25) is 14.5 Å². The number of esters is 1. The predicted molar refractivity (Wildman–Crippen MR) is 120 cm³/mol. The molecule has 0 bridgehead atoms. The molecule has 1 amide bonds. The number of carbonyl (C=O) groups excluding carboxylic acids is 2. The zero-order valence-corrected chi connectivity index (χ0v) is 18.8. The van der Waals surface area contributed by atoms with Crippen molar-refractivity contribution < 1.29 is 36.3 Å². The number of amidine groups is 1. The van der Waals surface area contributed by atoms with Gasteiger partial charge in [-0.05, 0) is 43.2 Å². The third-order valence-electron chi connectivity index (χ3n) is 4.71. The van der Waals surface area contributed by atoms with Crippen molar-refractivity contribution in [3.63, 3.8) is 0 Å². The molecule has 3 rings (SSSR count). The molecule has 182 valence electrons. The van der Waals surface area contributed by atoms with Gasteiger partial charge >= 0.3 is 12.6 Å². The minimum absolute atomic E-state index is 0.0766. The molecule has 0 saturated carbocycles. The highest BCUT2D eigenvalue weighted by atomic mass is 32.2. The molecule has 0 saturated heterocycles. The van der Waals surface area contributed by atoms with E-state index in [0.717, 1.165) is 19.3 Å². The first kappa shape index (κ1) is 25.1. The van der Waals surface area contributed by atoms with Crippen LogP contribution in [0, 0.1) is 0 Å². The van der Waals surface area contributed by atoms with Gasteiger partial charge in [0.25, 0.3) is 15.9 Å². The molecule has 34 heavy (non-hydrogen) atoms. The number of rotatable bonds is 8. The SMILES string of the molecule is O=C(COC(=O)c1ccccc1OC(F)F)Nc1cccc(S(=O)(=O)NC2=NCCCCC2)c1. The van der Waals surface area contributed by atoms with E-state index < -0.39 is 35.1 Å². The van der Waals surface area contributed by atoms with Crippen LogP contribution in [-0.4, -0.2) is 45.9 Å². The number of nitrogens with one attached hydrogen (secondary N) is 2. The van der Waals surface area contributed by atoms with Gasteiger partial charge in [0.1, 0.15) is 17.1 Å². The number of benzene rings is 2. The van der Waals surface area contributed by atoms with E-state index in [0.29, 0.717) is 18.8 Å². The highest BCUT2D eigenvalue weighted by Crippen LogP contribution is 2.21. The van der Waals surface area contributed by atoms with Crippen LogP contribution in [0.5, 0.6) is 5.75 Å². The summed E-state index contributed by atoms with van der Waals surface area (Å²) in [5.74, 6) is -1.77. The Morgan fingerprint density at radius 1 is 1.06 bits per heavy atom. The molecule has 2 aromatic rings. The molecule has 0 aliphatic carbocycles. The highest BCUT2D eigenvalue weighted by molar-refractivity contribution is 7.90. The molecule has 1 aliphatic heterocycles. The van der Waals surface area contributed by atoms with Gasteiger partial charge in [-0.25, -0.2) is 13.2 Å². The molecule has 2 aromatic carbocycles. The fourth-order valence-electron chi connectivity index (χ4n) is 3.15. The highest BCUT2D eigenvalue weighted by Gasteiger charge is 2.20. The van der Waals surface area contributed by atoms with Crippen LogP contribution in [0.25, 0.3) is 0 Å². The Bertz CT molecular complexity index is 1170. The van der Waals surface area contributed by atoms with Crippen molar-refractivity contribution in [2.24, 2.45) is 4.99 Å². The van der Waals surface area contributed by atoms with Crippen LogP contribution >= 0.6 is 0 Å². The van der Waals surface area contributed by atoms with Crippen molar-refractivity contribution >= 4 is 33.4 Å². The summed E-state index contributed by atoms with van der Waals surface area (Å²) in [5.41, 5.74) is -0.107. The monoisotopic (exact) mass is 495 g/mol. The number of hydrogen-bond donors (Lipinski definition) is 2. The van der Waals surface area contributed by atoms with Crippen LogP contribution < -0.4 is 14.8 Å². The number of amides is 1. The number of para-hydroxylation sites is 1. The molecule has 0 unspecified atom stereocenters. The van der Waals surface area contributed by atoms with Crippen molar-refractivity contribution in [3.8, 4) is 5.75 Å². The second-order valence-electron chi connectivity index (χ2n) is 7.27. The Hall–Kier alpha value is -3.54. The van der Waals surface area contributed by atoms with Gasteiger partial charge in [-0.15, -0.1) is 0 Å². The average Bonchev–Trinajstić information content (AvgIpc) is 3.06. The standard InChI is InChI=1S/C22H23F2N3O6S/c23-22(24)33-18-10-4-3-9-17(18)21(29)32-14-20(28)26-15-7-6-8-16(13-15)34(30,31)27-19-11-2-1-5-12-25-19/h3-4,6-10,13,22H,1-2,5,11-12,14H2,(H,25,27)(H,26,28). The molecule has 12 heteroatoms. The molecular formula is C22H23F2N3O6S. The van der Waals surface area contributed by atoms with E-state index in [1.807, 2.05) is 0 Å². The van der Waals surface area contributed by atoms with Crippen LogP contribution in [0.2, 0.25) is 0 Å². The maximum absolute atomic E-state index is 12.7. The molecule has 0 aromatic heterocycles. The van der Waals surface area contributed by atoms with Crippen molar-refractivity contribution in [2.75, 3.05) is 18.5 Å². The van der Waals surface area contributed by atoms with Gasteiger partial charge < -0.3 is 14.8 Å². The summed E-state index contributed by atoms with van der Waals surface area (Å²) in [4.78, 5) is 28.6. The van der Waals surface area contributed by atoms with E-state index in [1.54, 1.807) is 0 Å². The van der Waals surface area contributed by atoms with Gasteiger partial charge in [0.15, 0.2) is 6.61 Å². The Morgan fingerprint density at radius 2 is 1.85 bits per heavy atom. The van der Waals surface area contributed by atoms with Crippen LogP contribution in [-0.2, 0) is 19.6 Å². The molecule has 0 spiro atoms. The van der Waals surface area contributed by atoms with Crippen LogP contribution in [0.4, 0.5) is 14.5 Å². The van der Waals surface area contributed by atoms with E-state index >= 15 is 0 Å². The van der Waals surface area contributed by atoms with E-state index in [9.17, 15) is 26.8 Å². The van der Waals surface area contributed by atoms with Crippen molar-refractivity contribution in [3.05, 3.63) is 54.1 Å². The van der Waals surface area contributed by atoms with E-state index in [2.05, 4.69) is 19.8 Å². The quantitative estimate of drug-likeness (QED) is 0.542. The lowest BCUT2D eigenvalue weighted by molar-refractivity contribution is -0.119. The second kappa shape index (κ2) is 11.5. The molecule has 0 atom stereocenters. The van der Waals surface area contributed by atoms with E-state index in [4.69, 9.17) is 4.74 Å². The summed E-state index contributed by atoms with van der Waals surface area (Å²) in [6, 6.07) is 10.8. The number of halogens is 2. The van der Waals surface area contributed by atoms with E-state index in [1.165, 1.54) is 48.5 Å². The minimum Gasteiger partial charge on any atom is -0.452 e. The van der Waals surface area contributed by atoms with Gasteiger partial charge in [0.2, 0.25) is 0 Å². The number of aliphatic imine (C=N–C) groups is 1. The third-order valence-corrected chi connectivity index (χ3v) is 6.09. The van der Waals surface area contributed by atoms with Gasteiger partial charge in [0, 0.05) is 18.7 Å². The molecule has 2 N–H and O–H groups in total. The molecule has 1 heterocycles. The fraction of sp³-hybridized carbons (Fsp3) is 0.318. The summed E-state index contributed by atoms with van der Waals surface area (Å²) >= 11 is 0. The van der Waals surface area contributed by atoms with Gasteiger partial charge in [-0.1, -0.05) is 24.6 Å². The first-order valence-corrected chi connectivity index (χ1v) is 11.9. The zero-order chi connectivity index (χ0) is 24.6. The molecule has 0 fully saturated rings. The number of hydrogen-bond acceptors (Lipinski definition) is 7. The Balaban J connectivity index is 1.60. The smallest absolute Gasteiger partial charge is 0.387 e. The first-order chi connectivity index (χ1) is 16.2. The van der Waals surface area contributed by atoms with Crippen molar-refractivity contribution in [1.29, 1.82) is 0 Å². The summed E-state index contributed by atoms with van der Waals surface area (Å²) < 4.78 is 62.0. The van der Waals surface area contributed by atoms with E-state index in [-0.39, 0.29) is 21.9 Å². The average molecular weight is 496 g/mol. The number of alkyl halides is 2. The maximum Gasteiger partial charge on any atom is 0.387 e. The summed E-state index contributed by atoms with van der Waals surface area (Å²) in [6.45, 7) is -3.30. The number of nitrogens with zero attached hydrogens (tertiary/aromatic N) is 1. The fourth-order valence-corrected chi connectivity index (χ4v) is 4.29. The van der Waals surface area contributed by atoms with Gasteiger partial charge in [0.05, 0.1) is 4.90 Å². The second-order valence-corrected chi connectivity index (χ2v) is 8.95. The summed E-state index contributed by atoms with van der Waals surface area (Å²) in [7, 11) is -3.90. The lowest BCUT2D eigenvalue weighted by Crippen LogP contribution is -2.30. The summed E-state index contributed by atoms with van der Waals surface area (Å²) in [6.07, 6.45) is 3.26. The molecular weight excluding hydrogens is 472 g/mol. The van der Waals surface area contributed by atoms with Crippen LogP contribution in [0.1, 0.15) is 36.0 Å². The third kappa shape index (κ3) is 7.24. The number of ether oxygens (including phenoxy) is 2. The Kier molecular flexibility index (Phi) is 8.52. The van der Waals surface area contributed by atoms with Crippen molar-refractivity contribution in [1.82, 2.24) is 4.72 Å². The molecule has 0 radical (unpaired) electrons.